The average Bonchev–Trinajstić information content (AvgIpc) is 2.55. The third kappa shape index (κ3) is 5.12. The molecule has 2 rings (SSSR count). The van der Waals surface area contributed by atoms with E-state index in [0.717, 1.165) is 11.3 Å². The largest absolute Gasteiger partial charge is 0.482 e. The van der Waals surface area contributed by atoms with Crippen LogP contribution in [0.4, 0.5) is 5.69 Å². The van der Waals surface area contributed by atoms with Crippen LogP contribution in [0.15, 0.2) is 48.5 Å². The van der Waals surface area contributed by atoms with Crippen LogP contribution >= 0.6 is 0 Å². The molecule has 1 amide bonds. The first-order valence-corrected chi connectivity index (χ1v) is 7.75. The molecule has 0 heterocycles. The van der Waals surface area contributed by atoms with E-state index in [1.165, 1.54) is 0 Å². The summed E-state index contributed by atoms with van der Waals surface area (Å²) in [5.74, 6) is -0.121. The molecule has 0 atom stereocenters. The summed E-state index contributed by atoms with van der Waals surface area (Å²) in [5, 5.41) is 2.86. The van der Waals surface area contributed by atoms with E-state index >= 15 is 0 Å². The van der Waals surface area contributed by atoms with E-state index in [-0.39, 0.29) is 18.6 Å². The summed E-state index contributed by atoms with van der Waals surface area (Å²) in [6.07, 6.45) is -0.173. The summed E-state index contributed by atoms with van der Waals surface area (Å²) in [6.45, 7) is 5.33. The second kappa shape index (κ2) is 8.15. The van der Waals surface area contributed by atoms with Crippen molar-refractivity contribution in [3.63, 3.8) is 0 Å². The Kier molecular flexibility index (Phi) is 5.95. The van der Waals surface area contributed by atoms with Crippen molar-refractivity contribution in [3.8, 4) is 5.75 Å². The number of ether oxygens (including phenoxy) is 2. The van der Waals surface area contributed by atoms with E-state index in [2.05, 4.69) is 5.32 Å². The zero-order valence-electron chi connectivity index (χ0n) is 14.0. The number of amides is 1. The first kappa shape index (κ1) is 17.5. The van der Waals surface area contributed by atoms with Crippen LogP contribution in [0.3, 0.4) is 0 Å². The van der Waals surface area contributed by atoms with Gasteiger partial charge in [0.2, 0.25) is 0 Å². The summed E-state index contributed by atoms with van der Waals surface area (Å²) in [6, 6.07) is 14.2. The highest BCUT2D eigenvalue weighted by atomic mass is 16.6. The number of carbonyl (C=O) groups is 2. The molecule has 24 heavy (non-hydrogen) atoms. The Morgan fingerprint density at radius 1 is 1.04 bits per heavy atom. The highest BCUT2D eigenvalue weighted by Crippen LogP contribution is 2.17. The van der Waals surface area contributed by atoms with E-state index in [4.69, 9.17) is 9.47 Å². The number of para-hydroxylation sites is 1. The van der Waals surface area contributed by atoms with Crippen LogP contribution in [0.1, 0.15) is 29.8 Å². The lowest BCUT2D eigenvalue weighted by atomic mass is 10.1. The monoisotopic (exact) mass is 327 g/mol. The topological polar surface area (TPSA) is 64.6 Å². The molecule has 0 aliphatic heterocycles. The number of nitrogens with one attached hydrogen (secondary N) is 1. The van der Waals surface area contributed by atoms with Crippen LogP contribution in [-0.4, -0.2) is 24.6 Å². The second-order valence-corrected chi connectivity index (χ2v) is 5.62. The number of hydrogen-bond donors (Lipinski definition) is 1. The Morgan fingerprint density at radius 3 is 2.33 bits per heavy atom. The van der Waals surface area contributed by atoms with Crippen molar-refractivity contribution in [1.82, 2.24) is 0 Å². The molecule has 126 valence electrons. The number of benzene rings is 2. The molecule has 0 spiro atoms. The molecule has 0 aromatic heterocycles. The number of rotatable bonds is 6. The summed E-state index contributed by atoms with van der Waals surface area (Å²) in [7, 11) is 0. The minimum absolute atomic E-state index is 0.160. The number of hydrogen-bond acceptors (Lipinski definition) is 4. The van der Waals surface area contributed by atoms with Crippen LogP contribution in [-0.2, 0) is 9.53 Å². The van der Waals surface area contributed by atoms with E-state index < -0.39 is 5.97 Å². The van der Waals surface area contributed by atoms with Gasteiger partial charge in [0.25, 0.3) is 5.91 Å². The first-order chi connectivity index (χ1) is 11.5. The average molecular weight is 327 g/mol. The molecule has 1 N–H and O–H groups in total. The third-order valence-electron chi connectivity index (χ3n) is 3.23. The van der Waals surface area contributed by atoms with Gasteiger partial charge in [-0.05, 0) is 56.7 Å². The zero-order valence-corrected chi connectivity index (χ0v) is 14.0. The van der Waals surface area contributed by atoms with E-state index in [1.54, 1.807) is 38.1 Å². The molecule has 5 heteroatoms. The van der Waals surface area contributed by atoms with Gasteiger partial charge < -0.3 is 14.8 Å². The van der Waals surface area contributed by atoms with Gasteiger partial charge in [0.15, 0.2) is 6.61 Å². The van der Waals surface area contributed by atoms with Gasteiger partial charge in [0.1, 0.15) is 5.75 Å². The molecule has 2 aromatic carbocycles. The fourth-order valence-corrected chi connectivity index (χ4v) is 2.05. The summed E-state index contributed by atoms with van der Waals surface area (Å²) in [4.78, 5) is 23.7. The molecule has 5 nitrogen and oxygen atoms in total. The van der Waals surface area contributed by atoms with Crippen molar-refractivity contribution >= 4 is 17.6 Å². The third-order valence-corrected chi connectivity index (χ3v) is 3.23. The van der Waals surface area contributed by atoms with Crippen molar-refractivity contribution in [1.29, 1.82) is 0 Å². The van der Waals surface area contributed by atoms with Crippen molar-refractivity contribution < 1.29 is 19.1 Å². The van der Waals surface area contributed by atoms with E-state index in [1.807, 2.05) is 31.2 Å². The zero-order chi connectivity index (χ0) is 17.5. The Labute approximate surface area is 141 Å². The number of esters is 1. The minimum Gasteiger partial charge on any atom is -0.482 e. The molecular formula is C19H21NO4. The fourth-order valence-electron chi connectivity index (χ4n) is 2.05. The van der Waals surface area contributed by atoms with Gasteiger partial charge in [0, 0.05) is 11.3 Å². The van der Waals surface area contributed by atoms with Crippen molar-refractivity contribution in [2.75, 3.05) is 11.9 Å². The molecule has 0 aliphatic rings. The van der Waals surface area contributed by atoms with Crippen molar-refractivity contribution in [3.05, 3.63) is 59.7 Å². The Balaban J connectivity index is 1.93. The quantitative estimate of drug-likeness (QED) is 0.824. The predicted molar refractivity (Wildman–Crippen MR) is 92.3 cm³/mol. The summed E-state index contributed by atoms with van der Waals surface area (Å²) in [5.41, 5.74) is 2.28. The normalized spacial score (nSPS) is 10.3. The lowest BCUT2D eigenvalue weighted by Crippen LogP contribution is -2.18. The SMILES string of the molecule is Cc1ccccc1NC(=O)c1ccc(OCC(=O)OC(C)C)cc1. The van der Waals surface area contributed by atoms with Gasteiger partial charge >= 0.3 is 5.97 Å². The van der Waals surface area contributed by atoms with E-state index in [0.29, 0.717) is 11.3 Å². The molecule has 0 fully saturated rings. The van der Waals surface area contributed by atoms with Crippen molar-refractivity contribution in [2.45, 2.75) is 26.9 Å². The highest BCUT2D eigenvalue weighted by Gasteiger charge is 2.09. The predicted octanol–water partition coefficient (Wildman–Crippen LogP) is 3.58. The van der Waals surface area contributed by atoms with Crippen LogP contribution < -0.4 is 10.1 Å². The maximum Gasteiger partial charge on any atom is 0.344 e. The number of carbonyl (C=O) groups excluding carboxylic acids is 2. The molecule has 2 aromatic rings. The smallest absolute Gasteiger partial charge is 0.344 e. The van der Waals surface area contributed by atoms with Gasteiger partial charge in [-0.1, -0.05) is 18.2 Å². The van der Waals surface area contributed by atoms with Gasteiger partial charge in [-0.15, -0.1) is 0 Å². The van der Waals surface area contributed by atoms with Gasteiger partial charge in [-0.2, -0.15) is 0 Å². The van der Waals surface area contributed by atoms with E-state index in [9.17, 15) is 9.59 Å². The molecule has 0 saturated heterocycles. The molecule has 0 saturated carbocycles. The highest BCUT2D eigenvalue weighted by molar-refractivity contribution is 6.04. The molecule has 0 aliphatic carbocycles. The maximum atomic E-state index is 12.2. The number of anilines is 1. The Hall–Kier alpha value is -2.82. The Morgan fingerprint density at radius 2 is 1.71 bits per heavy atom. The summed E-state index contributed by atoms with van der Waals surface area (Å²) < 4.78 is 10.3. The molecule has 0 bridgehead atoms. The van der Waals surface area contributed by atoms with Gasteiger partial charge in [-0.3, -0.25) is 4.79 Å². The molecular weight excluding hydrogens is 306 g/mol. The van der Waals surface area contributed by atoms with Crippen LogP contribution in [0, 0.1) is 6.92 Å². The lowest BCUT2D eigenvalue weighted by Gasteiger charge is -2.10. The molecule has 0 unspecified atom stereocenters. The first-order valence-electron chi connectivity index (χ1n) is 7.75. The van der Waals surface area contributed by atoms with Crippen LogP contribution in [0.25, 0.3) is 0 Å². The lowest BCUT2D eigenvalue weighted by molar-refractivity contribution is -0.149. The fraction of sp³-hybridized carbons (Fsp3) is 0.263. The number of aryl methyl sites for hydroxylation is 1. The van der Waals surface area contributed by atoms with Gasteiger partial charge in [0.05, 0.1) is 6.10 Å². The van der Waals surface area contributed by atoms with Crippen LogP contribution in [0.5, 0.6) is 5.75 Å². The van der Waals surface area contributed by atoms with Gasteiger partial charge in [-0.25, -0.2) is 4.79 Å². The maximum absolute atomic E-state index is 12.2. The van der Waals surface area contributed by atoms with Crippen LogP contribution in [0.2, 0.25) is 0 Å². The minimum atomic E-state index is -0.425. The van der Waals surface area contributed by atoms with Crippen molar-refractivity contribution in [2.24, 2.45) is 0 Å². The molecule has 0 radical (unpaired) electrons. The second-order valence-electron chi connectivity index (χ2n) is 5.62. The standard InChI is InChI=1S/C19H21NO4/c1-13(2)24-18(21)12-23-16-10-8-15(9-11-16)19(22)20-17-7-5-4-6-14(17)3/h4-11,13H,12H2,1-3H3,(H,20,22). The Bertz CT molecular complexity index is 708. The summed E-state index contributed by atoms with van der Waals surface area (Å²) >= 11 is 0.